The molecule has 1 aromatic carbocycles. The van der Waals surface area contributed by atoms with Gasteiger partial charge in [-0.25, -0.2) is 0 Å². The molecule has 0 amide bonds. The Morgan fingerprint density at radius 2 is 1.87 bits per heavy atom. The van der Waals surface area contributed by atoms with Gasteiger partial charge in [-0.2, -0.15) is 0 Å². The molecule has 5 atom stereocenters. The second-order valence-electron chi connectivity index (χ2n) is 6.97. The van der Waals surface area contributed by atoms with Crippen LogP contribution in [0.15, 0.2) is 43.0 Å². The van der Waals surface area contributed by atoms with Crippen LogP contribution in [0, 0.1) is 0 Å². The molecular weight excluding hydrogens is 392 g/mol. The Kier molecular flexibility index (Phi) is 9.96. The molecule has 1 aromatic rings. The molecule has 30 heavy (non-hydrogen) atoms. The average Bonchev–Trinajstić information content (AvgIpc) is 2.71. The number of ether oxygens (including phenoxy) is 5. The van der Waals surface area contributed by atoms with Crippen LogP contribution in [0.2, 0.25) is 0 Å². The van der Waals surface area contributed by atoms with E-state index in [4.69, 9.17) is 23.7 Å². The molecule has 166 valence electrons. The van der Waals surface area contributed by atoms with Gasteiger partial charge in [-0.3, -0.25) is 9.59 Å². The summed E-state index contributed by atoms with van der Waals surface area (Å²) in [5, 5.41) is 10.8. The third-order valence-electron chi connectivity index (χ3n) is 4.49. The van der Waals surface area contributed by atoms with E-state index in [-0.39, 0.29) is 13.2 Å². The third-order valence-corrected chi connectivity index (χ3v) is 4.49. The van der Waals surface area contributed by atoms with Gasteiger partial charge in [0.2, 0.25) is 0 Å². The number of allylic oxidation sites excluding steroid dienone is 1. The quantitative estimate of drug-likeness (QED) is 0.329. The summed E-state index contributed by atoms with van der Waals surface area (Å²) in [4.78, 5) is 22.9. The van der Waals surface area contributed by atoms with Gasteiger partial charge in [0.25, 0.3) is 0 Å². The molecule has 0 saturated carbocycles. The molecule has 1 aliphatic heterocycles. The molecule has 1 aliphatic rings. The molecule has 0 radical (unpaired) electrons. The highest BCUT2D eigenvalue weighted by Gasteiger charge is 2.49. The Balaban J connectivity index is 2.18. The lowest BCUT2D eigenvalue weighted by molar-refractivity contribution is -0.312. The maximum atomic E-state index is 11.7. The zero-order valence-corrected chi connectivity index (χ0v) is 17.4. The molecule has 8 nitrogen and oxygen atoms in total. The molecule has 1 N–H and O–H groups in total. The number of hydrogen-bond donors (Lipinski definition) is 1. The van der Waals surface area contributed by atoms with Gasteiger partial charge in [-0.05, 0) is 18.4 Å². The lowest BCUT2D eigenvalue weighted by Gasteiger charge is -2.43. The third kappa shape index (κ3) is 7.53. The number of unbranched alkanes of at least 4 members (excludes halogenated alkanes) is 1. The van der Waals surface area contributed by atoms with Gasteiger partial charge in [-0.15, -0.1) is 6.58 Å². The molecule has 0 aliphatic carbocycles. The Morgan fingerprint density at radius 1 is 1.13 bits per heavy atom. The van der Waals surface area contributed by atoms with Crippen LogP contribution < -0.4 is 0 Å². The van der Waals surface area contributed by atoms with Crippen molar-refractivity contribution in [1.82, 2.24) is 0 Å². The van der Waals surface area contributed by atoms with Crippen molar-refractivity contribution in [2.45, 2.75) is 64.0 Å². The molecule has 1 saturated heterocycles. The van der Waals surface area contributed by atoms with Gasteiger partial charge in [0, 0.05) is 13.8 Å². The first-order valence-electron chi connectivity index (χ1n) is 9.94. The number of aliphatic hydroxyl groups is 1. The number of hydrogen-bond acceptors (Lipinski definition) is 8. The van der Waals surface area contributed by atoms with Crippen molar-refractivity contribution in [2.75, 3.05) is 13.2 Å². The molecule has 0 bridgehead atoms. The fourth-order valence-corrected chi connectivity index (χ4v) is 3.06. The molecule has 8 heteroatoms. The highest BCUT2D eigenvalue weighted by molar-refractivity contribution is 5.66. The molecule has 0 spiro atoms. The van der Waals surface area contributed by atoms with Crippen LogP contribution >= 0.6 is 0 Å². The zero-order valence-electron chi connectivity index (χ0n) is 17.4. The highest BCUT2D eigenvalue weighted by Crippen LogP contribution is 2.28. The first-order valence-corrected chi connectivity index (χ1v) is 9.94. The van der Waals surface area contributed by atoms with Crippen LogP contribution in [0.1, 0.15) is 32.3 Å². The van der Waals surface area contributed by atoms with Crippen LogP contribution in [0.4, 0.5) is 0 Å². The molecule has 0 unspecified atom stereocenters. The summed E-state index contributed by atoms with van der Waals surface area (Å²) in [7, 11) is 0. The highest BCUT2D eigenvalue weighted by atomic mass is 16.7. The van der Waals surface area contributed by atoms with Crippen LogP contribution in [-0.2, 0) is 39.9 Å². The normalized spacial score (nSPS) is 26.0. The van der Waals surface area contributed by atoms with Crippen LogP contribution in [0.25, 0.3) is 0 Å². The minimum Gasteiger partial charge on any atom is -0.463 e. The standard InChI is InChI=1S/C22H30O8/c1-4-5-9-12-26-22-21(29-16(3)24)20(28-13-17-10-7-6-8-11-17)19(25)18(30-22)14-27-15(2)23/h4,6-8,10-11,18-22,25H,1,5,9,12-14H2,2-3H3/t18-,19-,20+,21+,22+/m1/s1. The van der Waals surface area contributed by atoms with E-state index in [9.17, 15) is 14.7 Å². The van der Waals surface area contributed by atoms with Crippen molar-refractivity contribution < 1.29 is 38.4 Å². The van der Waals surface area contributed by atoms with Gasteiger partial charge in [0.1, 0.15) is 24.9 Å². The first-order chi connectivity index (χ1) is 14.4. The number of aliphatic hydroxyl groups excluding tert-OH is 1. The maximum Gasteiger partial charge on any atom is 0.303 e. The van der Waals surface area contributed by atoms with Crippen molar-refractivity contribution in [3.05, 3.63) is 48.6 Å². The topological polar surface area (TPSA) is 101 Å². The molecular formula is C22H30O8. The van der Waals surface area contributed by atoms with Gasteiger partial charge >= 0.3 is 11.9 Å². The summed E-state index contributed by atoms with van der Waals surface area (Å²) in [6.07, 6.45) is -1.79. The lowest BCUT2D eigenvalue weighted by atomic mass is 9.98. The van der Waals surface area contributed by atoms with Crippen LogP contribution in [-0.4, -0.2) is 61.0 Å². The summed E-state index contributed by atoms with van der Waals surface area (Å²) < 4.78 is 27.9. The number of carbonyl (C=O) groups excluding carboxylic acids is 2. The van der Waals surface area contributed by atoms with Crippen LogP contribution in [0.5, 0.6) is 0 Å². The van der Waals surface area contributed by atoms with E-state index in [0.717, 1.165) is 12.0 Å². The van der Waals surface area contributed by atoms with Crippen LogP contribution in [0.3, 0.4) is 0 Å². The SMILES string of the molecule is C=CCCCO[C@H]1O[C@H](COC(C)=O)[C@@H](O)[C@H](OCc2ccccc2)[C@@H]1OC(C)=O. The largest absolute Gasteiger partial charge is 0.463 e. The summed E-state index contributed by atoms with van der Waals surface area (Å²) >= 11 is 0. The van der Waals surface area contributed by atoms with Crippen molar-refractivity contribution in [3.8, 4) is 0 Å². The monoisotopic (exact) mass is 422 g/mol. The number of benzene rings is 1. The number of esters is 2. The van der Waals surface area contributed by atoms with Gasteiger partial charge in [0.15, 0.2) is 12.4 Å². The fourth-order valence-electron chi connectivity index (χ4n) is 3.06. The van der Waals surface area contributed by atoms with E-state index in [0.29, 0.717) is 13.0 Å². The molecule has 1 heterocycles. The summed E-state index contributed by atoms with van der Waals surface area (Å²) in [6.45, 7) is 6.54. The van der Waals surface area contributed by atoms with Crippen molar-refractivity contribution in [2.24, 2.45) is 0 Å². The summed E-state index contributed by atoms with van der Waals surface area (Å²) in [5.74, 6) is -1.06. The predicted molar refractivity (Wildman–Crippen MR) is 107 cm³/mol. The van der Waals surface area contributed by atoms with Crippen molar-refractivity contribution in [3.63, 3.8) is 0 Å². The molecule has 1 fully saturated rings. The van der Waals surface area contributed by atoms with Crippen molar-refractivity contribution in [1.29, 1.82) is 0 Å². The first kappa shape index (κ1) is 24.0. The van der Waals surface area contributed by atoms with E-state index >= 15 is 0 Å². The Bertz CT molecular complexity index is 677. The second-order valence-corrected chi connectivity index (χ2v) is 6.97. The van der Waals surface area contributed by atoms with E-state index in [2.05, 4.69) is 6.58 Å². The summed E-state index contributed by atoms with van der Waals surface area (Å²) in [5.41, 5.74) is 0.887. The Hall–Kier alpha value is -2.26. The van der Waals surface area contributed by atoms with E-state index in [1.54, 1.807) is 6.08 Å². The van der Waals surface area contributed by atoms with Crippen molar-refractivity contribution >= 4 is 11.9 Å². The van der Waals surface area contributed by atoms with E-state index in [1.165, 1.54) is 13.8 Å². The van der Waals surface area contributed by atoms with Gasteiger partial charge < -0.3 is 28.8 Å². The predicted octanol–water partition coefficient (Wildman–Crippen LogP) is 2.14. The maximum absolute atomic E-state index is 11.7. The smallest absolute Gasteiger partial charge is 0.303 e. The summed E-state index contributed by atoms with van der Waals surface area (Å²) in [6, 6.07) is 9.39. The Morgan fingerprint density at radius 3 is 2.50 bits per heavy atom. The van der Waals surface area contributed by atoms with Gasteiger partial charge in [0.05, 0.1) is 13.2 Å². The van der Waals surface area contributed by atoms with E-state index < -0.39 is 42.6 Å². The van der Waals surface area contributed by atoms with E-state index in [1.807, 2.05) is 30.3 Å². The number of carbonyl (C=O) groups is 2. The molecule has 2 rings (SSSR count). The Labute approximate surface area is 176 Å². The number of rotatable bonds is 11. The minimum absolute atomic E-state index is 0.180. The minimum atomic E-state index is -1.20. The molecule has 0 aromatic heterocycles. The lowest BCUT2D eigenvalue weighted by Crippen LogP contribution is -2.61. The fraction of sp³-hybridized carbons (Fsp3) is 0.545. The average molecular weight is 422 g/mol. The zero-order chi connectivity index (χ0) is 21.9. The second kappa shape index (κ2) is 12.4. The van der Waals surface area contributed by atoms with Gasteiger partial charge in [-0.1, -0.05) is 36.4 Å².